The Morgan fingerprint density at radius 2 is 1.13 bits per heavy atom. The summed E-state index contributed by atoms with van der Waals surface area (Å²) in [6, 6.07) is 31.6. The molecule has 0 fully saturated rings. The van der Waals surface area contributed by atoms with Crippen molar-refractivity contribution in [2.24, 2.45) is 0 Å². The zero-order chi connectivity index (χ0) is 20.9. The molecule has 0 aliphatic heterocycles. The first-order valence-electron chi connectivity index (χ1n) is 10.3. The average Bonchev–Trinajstić information content (AvgIpc) is 3.06. The molecule has 4 aromatic rings. The van der Waals surface area contributed by atoms with Crippen molar-refractivity contribution < 1.29 is 10.0 Å². The lowest BCUT2D eigenvalue weighted by Gasteiger charge is -2.34. The molecule has 0 radical (unpaired) electrons. The maximum atomic E-state index is 10.2. The fraction of sp³-hybridized carbons (Fsp3) is 0.111. The summed E-state index contributed by atoms with van der Waals surface area (Å²) >= 11 is 0. The normalized spacial score (nSPS) is 13.6. The topological polar surface area (TPSA) is 40.5 Å². The van der Waals surface area contributed by atoms with Gasteiger partial charge in [0.1, 0.15) is 0 Å². The first kappa shape index (κ1) is 18.9. The molecule has 2 nitrogen and oxygen atoms in total. The fourth-order valence-corrected chi connectivity index (χ4v) is 4.97. The summed E-state index contributed by atoms with van der Waals surface area (Å²) in [5, 5.41) is 20.3. The maximum absolute atomic E-state index is 10.2. The monoisotopic (exact) mass is 390 g/mol. The van der Waals surface area contributed by atoms with Crippen molar-refractivity contribution in [2.45, 2.75) is 19.3 Å². The minimum absolute atomic E-state index is 0.516. The van der Waals surface area contributed by atoms with Crippen molar-refractivity contribution in [2.75, 3.05) is 0 Å². The van der Waals surface area contributed by atoms with E-state index in [0.717, 1.165) is 16.7 Å². The highest BCUT2D eigenvalue weighted by Crippen LogP contribution is 2.55. The summed E-state index contributed by atoms with van der Waals surface area (Å²) in [5.74, 6) is 0. The van der Waals surface area contributed by atoms with Gasteiger partial charge in [-0.2, -0.15) is 0 Å². The molecule has 2 N–H and O–H groups in total. The van der Waals surface area contributed by atoms with E-state index >= 15 is 0 Å². The molecule has 0 bridgehead atoms. The van der Waals surface area contributed by atoms with Crippen LogP contribution in [0.5, 0.6) is 0 Å². The van der Waals surface area contributed by atoms with Crippen LogP contribution in [0.25, 0.3) is 11.1 Å². The number of hydrogen-bond acceptors (Lipinski definition) is 2. The van der Waals surface area contributed by atoms with Crippen molar-refractivity contribution in [3.63, 3.8) is 0 Å². The predicted molar refractivity (Wildman–Crippen MR) is 123 cm³/mol. The minimum Gasteiger partial charge on any atom is -0.423 e. The van der Waals surface area contributed by atoms with E-state index in [9.17, 15) is 10.0 Å². The number of fused-ring (bicyclic) bond motifs is 3. The van der Waals surface area contributed by atoms with Crippen molar-refractivity contribution in [3.05, 3.63) is 124 Å². The van der Waals surface area contributed by atoms with Gasteiger partial charge in [0.2, 0.25) is 0 Å². The van der Waals surface area contributed by atoms with E-state index in [1.54, 1.807) is 6.07 Å². The molecule has 5 rings (SSSR count). The van der Waals surface area contributed by atoms with E-state index in [0.29, 0.717) is 5.46 Å². The van der Waals surface area contributed by atoms with E-state index in [4.69, 9.17) is 0 Å². The van der Waals surface area contributed by atoms with Crippen LogP contribution in [0.2, 0.25) is 0 Å². The van der Waals surface area contributed by atoms with Crippen molar-refractivity contribution in [1.29, 1.82) is 0 Å². The highest BCUT2D eigenvalue weighted by molar-refractivity contribution is 6.60. The molecule has 0 saturated heterocycles. The maximum Gasteiger partial charge on any atom is 0.489 e. The van der Waals surface area contributed by atoms with Crippen LogP contribution in [0.15, 0.2) is 91.0 Å². The Labute approximate surface area is 177 Å². The Hall–Kier alpha value is -3.14. The van der Waals surface area contributed by atoms with Crippen LogP contribution < -0.4 is 5.46 Å². The number of hydrogen-bond donors (Lipinski definition) is 2. The highest BCUT2D eigenvalue weighted by Gasteiger charge is 2.47. The molecule has 4 aromatic carbocycles. The molecule has 0 saturated carbocycles. The number of benzene rings is 4. The summed E-state index contributed by atoms with van der Waals surface area (Å²) < 4.78 is 0. The molecule has 3 heteroatoms. The zero-order valence-electron chi connectivity index (χ0n) is 17.1. The Balaban J connectivity index is 1.96. The first-order valence-corrected chi connectivity index (χ1v) is 10.3. The van der Waals surface area contributed by atoms with Crippen molar-refractivity contribution in [1.82, 2.24) is 0 Å². The summed E-state index contributed by atoms with van der Waals surface area (Å²) in [7, 11) is -1.53. The van der Waals surface area contributed by atoms with Gasteiger partial charge in [0.15, 0.2) is 0 Å². The van der Waals surface area contributed by atoms with E-state index in [-0.39, 0.29) is 0 Å². The van der Waals surface area contributed by atoms with Crippen LogP contribution in [0.1, 0.15) is 33.4 Å². The zero-order valence-corrected chi connectivity index (χ0v) is 17.1. The average molecular weight is 390 g/mol. The molecule has 0 spiro atoms. The van der Waals surface area contributed by atoms with Gasteiger partial charge in [0.05, 0.1) is 5.41 Å². The van der Waals surface area contributed by atoms with Gasteiger partial charge in [-0.05, 0) is 52.7 Å². The summed E-state index contributed by atoms with van der Waals surface area (Å²) in [5.41, 5.74) is 9.02. The van der Waals surface area contributed by atoms with Gasteiger partial charge in [0.25, 0.3) is 0 Å². The van der Waals surface area contributed by atoms with Crippen LogP contribution in [0.3, 0.4) is 0 Å². The van der Waals surface area contributed by atoms with Gasteiger partial charge < -0.3 is 10.0 Å². The van der Waals surface area contributed by atoms with Crippen LogP contribution in [0.4, 0.5) is 0 Å². The first-order chi connectivity index (χ1) is 14.5. The SMILES string of the molecule is Cc1ccc(C2(c3ccc(C)cc3)c3ccccc3-c3c(B(O)O)cccc32)cc1. The van der Waals surface area contributed by atoms with Crippen LogP contribution >= 0.6 is 0 Å². The molecular weight excluding hydrogens is 367 g/mol. The smallest absolute Gasteiger partial charge is 0.423 e. The molecule has 1 aliphatic rings. The van der Waals surface area contributed by atoms with E-state index < -0.39 is 12.5 Å². The second-order valence-corrected chi connectivity index (χ2v) is 8.17. The van der Waals surface area contributed by atoms with Gasteiger partial charge in [-0.15, -0.1) is 0 Å². The Bertz CT molecular complexity index is 1180. The summed E-state index contributed by atoms with van der Waals surface area (Å²) in [6.07, 6.45) is 0. The second kappa shape index (κ2) is 6.98. The highest BCUT2D eigenvalue weighted by atomic mass is 16.4. The van der Waals surface area contributed by atoms with E-state index in [1.807, 2.05) is 12.1 Å². The standard InChI is InChI=1S/C27H23BO2/c1-18-10-14-20(15-11-18)27(21-16-12-19(2)13-17-21)23-7-4-3-6-22(23)26-24(27)8-5-9-25(26)28(29)30/h3-17,29-30H,1-2H3. The van der Waals surface area contributed by atoms with Crippen LogP contribution in [0, 0.1) is 13.8 Å². The van der Waals surface area contributed by atoms with Gasteiger partial charge in [0, 0.05) is 0 Å². The quantitative estimate of drug-likeness (QED) is 0.450. The number of aryl methyl sites for hydroxylation is 2. The summed E-state index contributed by atoms with van der Waals surface area (Å²) in [6.45, 7) is 4.19. The second-order valence-electron chi connectivity index (χ2n) is 8.17. The van der Waals surface area contributed by atoms with Gasteiger partial charge in [-0.3, -0.25) is 0 Å². The third kappa shape index (κ3) is 2.60. The van der Waals surface area contributed by atoms with Crippen molar-refractivity contribution in [3.8, 4) is 11.1 Å². The van der Waals surface area contributed by atoms with Crippen LogP contribution in [-0.4, -0.2) is 17.2 Å². The largest absolute Gasteiger partial charge is 0.489 e. The van der Waals surface area contributed by atoms with Crippen molar-refractivity contribution >= 4 is 12.6 Å². The van der Waals surface area contributed by atoms with Gasteiger partial charge in [-0.25, -0.2) is 0 Å². The third-order valence-electron chi connectivity index (χ3n) is 6.35. The predicted octanol–water partition coefficient (Wildman–Crippen LogP) is 4.35. The van der Waals surface area contributed by atoms with E-state index in [2.05, 4.69) is 86.6 Å². The lowest BCUT2D eigenvalue weighted by Crippen LogP contribution is -2.33. The number of rotatable bonds is 3. The molecule has 0 atom stereocenters. The molecule has 0 unspecified atom stereocenters. The molecule has 0 heterocycles. The third-order valence-corrected chi connectivity index (χ3v) is 6.35. The molecule has 0 aromatic heterocycles. The Kier molecular flexibility index (Phi) is 4.39. The van der Waals surface area contributed by atoms with E-state index in [1.165, 1.54) is 27.8 Å². The fourth-order valence-electron chi connectivity index (χ4n) is 4.97. The molecule has 1 aliphatic carbocycles. The minimum atomic E-state index is -1.53. The molecule has 0 amide bonds. The van der Waals surface area contributed by atoms with Gasteiger partial charge in [-0.1, -0.05) is 102 Å². The molecular formula is C27H23BO2. The molecule has 146 valence electrons. The lowest BCUT2D eigenvalue weighted by molar-refractivity contribution is 0.426. The Morgan fingerprint density at radius 1 is 0.600 bits per heavy atom. The molecule has 30 heavy (non-hydrogen) atoms. The van der Waals surface area contributed by atoms with Crippen LogP contribution in [-0.2, 0) is 5.41 Å². The Morgan fingerprint density at radius 3 is 1.70 bits per heavy atom. The summed E-state index contributed by atoms with van der Waals surface area (Å²) in [4.78, 5) is 0. The lowest BCUT2D eigenvalue weighted by atomic mass is 9.66. The van der Waals surface area contributed by atoms with Gasteiger partial charge >= 0.3 is 7.12 Å².